The third-order valence-corrected chi connectivity index (χ3v) is 4.33. The molecule has 146 valence electrons. The molecule has 3 aromatic rings. The number of carbonyl (C=O) groups is 1. The maximum Gasteiger partial charge on any atom is 0.336 e. The second-order valence-corrected chi connectivity index (χ2v) is 7.04. The SMILES string of the molecule is CCOc1nc(Cc2ccc(-c3ccccc3C(=O)O)cc2)n(CC(C)C)n1. The van der Waals surface area contributed by atoms with Gasteiger partial charge in [0.05, 0.1) is 12.2 Å². The minimum atomic E-state index is -0.926. The van der Waals surface area contributed by atoms with E-state index in [1.807, 2.05) is 48.0 Å². The predicted octanol–water partition coefficient (Wildman–Crippen LogP) is 4.29. The van der Waals surface area contributed by atoms with Crippen LogP contribution in [-0.2, 0) is 13.0 Å². The van der Waals surface area contributed by atoms with Gasteiger partial charge in [0, 0.05) is 13.0 Å². The summed E-state index contributed by atoms with van der Waals surface area (Å²) in [5.74, 6) is 0.380. The molecule has 1 aromatic heterocycles. The monoisotopic (exact) mass is 379 g/mol. The number of aromatic nitrogens is 3. The molecule has 0 bridgehead atoms. The molecule has 0 radical (unpaired) electrons. The molecule has 28 heavy (non-hydrogen) atoms. The van der Waals surface area contributed by atoms with Gasteiger partial charge in [0.25, 0.3) is 0 Å². The summed E-state index contributed by atoms with van der Waals surface area (Å²) < 4.78 is 7.37. The van der Waals surface area contributed by atoms with Crippen molar-refractivity contribution in [1.82, 2.24) is 14.8 Å². The Bertz CT molecular complexity index is 946. The zero-order valence-corrected chi connectivity index (χ0v) is 16.4. The van der Waals surface area contributed by atoms with Gasteiger partial charge >= 0.3 is 12.0 Å². The highest BCUT2D eigenvalue weighted by molar-refractivity contribution is 5.95. The lowest BCUT2D eigenvalue weighted by Gasteiger charge is -2.09. The maximum atomic E-state index is 11.5. The summed E-state index contributed by atoms with van der Waals surface area (Å²) in [6, 6.07) is 15.3. The van der Waals surface area contributed by atoms with E-state index in [1.165, 1.54) is 0 Å². The fourth-order valence-corrected chi connectivity index (χ4v) is 3.07. The van der Waals surface area contributed by atoms with Crippen LogP contribution in [0.5, 0.6) is 6.01 Å². The Kier molecular flexibility index (Phi) is 6.09. The molecule has 0 aliphatic rings. The number of rotatable bonds is 8. The van der Waals surface area contributed by atoms with Crippen molar-refractivity contribution in [2.45, 2.75) is 33.7 Å². The van der Waals surface area contributed by atoms with E-state index >= 15 is 0 Å². The molecule has 2 aromatic carbocycles. The second kappa shape index (κ2) is 8.69. The second-order valence-electron chi connectivity index (χ2n) is 7.04. The molecule has 0 unspecified atom stereocenters. The molecule has 0 spiro atoms. The molecule has 0 fully saturated rings. The van der Waals surface area contributed by atoms with E-state index < -0.39 is 5.97 Å². The van der Waals surface area contributed by atoms with Crippen LogP contribution in [0.25, 0.3) is 11.1 Å². The van der Waals surface area contributed by atoms with E-state index in [4.69, 9.17) is 4.74 Å². The highest BCUT2D eigenvalue weighted by atomic mass is 16.5. The molecule has 0 atom stereocenters. The molecule has 6 nitrogen and oxygen atoms in total. The Balaban J connectivity index is 1.84. The number of benzene rings is 2. The zero-order valence-electron chi connectivity index (χ0n) is 16.4. The van der Waals surface area contributed by atoms with Crippen LogP contribution in [0.2, 0.25) is 0 Å². The van der Waals surface area contributed by atoms with Crippen LogP contribution in [-0.4, -0.2) is 32.4 Å². The fourth-order valence-electron chi connectivity index (χ4n) is 3.07. The van der Waals surface area contributed by atoms with Crippen molar-refractivity contribution in [3.63, 3.8) is 0 Å². The van der Waals surface area contributed by atoms with Crippen LogP contribution in [0.1, 0.15) is 42.5 Å². The van der Waals surface area contributed by atoms with Crippen molar-refractivity contribution < 1.29 is 14.6 Å². The van der Waals surface area contributed by atoms with Crippen molar-refractivity contribution >= 4 is 5.97 Å². The molecular weight excluding hydrogens is 354 g/mol. The maximum absolute atomic E-state index is 11.5. The smallest absolute Gasteiger partial charge is 0.336 e. The van der Waals surface area contributed by atoms with Crippen LogP contribution in [0, 0.1) is 5.92 Å². The van der Waals surface area contributed by atoms with E-state index in [2.05, 4.69) is 23.9 Å². The number of nitrogens with zero attached hydrogens (tertiary/aromatic N) is 3. The van der Waals surface area contributed by atoms with Gasteiger partial charge in [0.1, 0.15) is 5.82 Å². The summed E-state index contributed by atoms with van der Waals surface area (Å²) >= 11 is 0. The minimum Gasteiger partial charge on any atom is -0.478 e. The Morgan fingerprint density at radius 2 is 1.86 bits per heavy atom. The molecule has 0 amide bonds. The van der Waals surface area contributed by atoms with Crippen molar-refractivity contribution in [3.05, 3.63) is 65.5 Å². The van der Waals surface area contributed by atoms with E-state index in [-0.39, 0.29) is 0 Å². The number of carboxylic acids is 1. The summed E-state index contributed by atoms with van der Waals surface area (Å²) in [7, 11) is 0. The highest BCUT2D eigenvalue weighted by Crippen LogP contribution is 2.25. The van der Waals surface area contributed by atoms with Crippen molar-refractivity contribution in [2.75, 3.05) is 6.61 Å². The van der Waals surface area contributed by atoms with Gasteiger partial charge < -0.3 is 9.84 Å². The van der Waals surface area contributed by atoms with Crippen LogP contribution in [0.4, 0.5) is 0 Å². The van der Waals surface area contributed by atoms with Gasteiger partial charge in [-0.25, -0.2) is 9.48 Å². The molecule has 1 N–H and O–H groups in total. The molecule has 0 aliphatic heterocycles. The molecule has 0 saturated heterocycles. The first kappa shape index (κ1) is 19.6. The average molecular weight is 379 g/mol. The first-order valence-electron chi connectivity index (χ1n) is 9.46. The van der Waals surface area contributed by atoms with Gasteiger partial charge in [-0.2, -0.15) is 4.98 Å². The van der Waals surface area contributed by atoms with Crippen LogP contribution in [0.3, 0.4) is 0 Å². The lowest BCUT2D eigenvalue weighted by atomic mass is 9.98. The number of aromatic carboxylic acids is 1. The summed E-state index contributed by atoms with van der Waals surface area (Å²) in [5, 5.41) is 13.8. The molecule has 1 heterocycles. The topological polar surface area (TPSA) is 77.2 Å². The van der Waals surface area contributed by atoms with Gasteiger partial charge in [-0.1, -0.05) is 56.3 Å². The lowest BCUT2D eigenvalue weighted by Crippen LogP contribution is -2.10. The van der Waals surface area contributed by atoms with Crippen molar-refractivity contribution in [2.24, 2.45) is 5.92 Å². The van der Waals surface area contributed by atoms with Crippen molar-refractivity contribution in [1.29, 1.82) is 0 Å². The predicted molar refractivity (Wildman–Crippen MR) is 108 cm³/mol. The zero-order chi connectivity index (χ0) is 20.1. The number of hydrogen-bond donors (Lipinski definition) is 1. The van der Waals surface area contributed by atoms with E-state index in [9.17, 15) is 9.90 Å². The fraction of sp³-hybridized carbons (Fsp3) is 0.318. The molecule has 0 saturated carbocycles. The number of ether oxygens (including phenoxy) is 1. The number of carboxylic acid groups (broad SMARTS) is 1. The van der Waals surface area contributed by atoms with E-state index in [0.29, 0.717) is 36.1 Å². The Morgan fingerprint density at radius 1 is 1.14 bits per heavy atom. The van der Waals surface area contributed by atoms with Gasteiger partial charge in [-0.05, 0) is 35.6 Å². The van der Waals surface area contributed by atoms with Gasteiger partial charge in [0.2, 0.25) is 0 Å². The molecule has 3 rings (SSSR count). The minimum absolute atomic E-state index is 0.299. The standard InChI is InChI=1S/C22H25N3O3/c1-4-28-22-23-20(25(24-22)14-15(2)3)13-16-9-11-17(12-10-16)18-7-5-6-8-19(18)21(26)27/h5-12,15H,4,13-14H2,1-3H3,(H,26,27). The Labute approximate surface area is 164 Å². The molecular formula is C22H25N3O3. The van der Waals surface area contributed by atoms with Crippen LogP contribution < -0.4 is 4.74 Å². The molecule has 6 heteroatoms. The van der Waals surface area contributed by atoms with Crippen LogP contribution >= 0.6 is 0 Å². The largest absolute Gasteiger partial charge is 0.478 e. The van der Waals surface area contributed by atoms with E-state index in [1.54, 1.807) is 12.1 Å². The Hall–Kier alpha value is -3.15. The summed E-state index contributed by atoms with van der Waals surface area (Å²) in [6.45, 7) is 7.50. The third-order valence-electron chi connectivity index (χ3n) is 4.33. The summed E-state index contributed by atoms with van der Waals surface area (Å²) in [4.78, 5) is 16.0. The Morgan fingerprint density at radius 3 is 2.50 bits per heavy atom. The number of hydrogen-bond acceptors (Lipinski definition) is 4. The summed E-state index contributed by atoms with van der Waals surface area (Å²) in [6.07, 6.45) is 0.633. The quantitative estimate of drug-likeness (QED) is 0.632. The average Bonchev–Trinajstić information content (AvgIpc) is 3.03. The van der Waals surface area contributed by atoms with Gasteiger partial charge in [-0.15, -0.1) is 5.10 Å². The normalized spacial score (nSPS) is 11.0. The molecule has 0 aliphatic carbocycles. The van der Waals surface area contributed by atoms with Crippen LogP contribution in [0.15, 0.2) is 48.5 Å². The first-order chi connectivity index (χ1) is 13.5. The highest BCUT2D eigenvalue weighted by Gasteiger charge is 2.14. The van der Waals surface area contributed by atoms with Gasteiger partial charge in [-0.3, -0.25) is 0 Å². The third kappa shape index (κ3) is 4.57. The first-order valence-corrected chi connectivity index (χ1v) is 9.46. The lowest BCUT2D eigenvalue weighted by molar-refractivity contribution is 0.0697. The van der Waals surface area contributed by atoms with Gasteiger partial charge in [0.15, 0.2) is 0 Å². The van der Waals surface area contributed by atoms with E-state index in [0.717, 1.165) is 23.5 Å². The van der Waals surface area contributed by atoms with Crippen molar-refractivity contribution in [3.8, 4) is 17.1 Å². The summed E-state index contributed by atoms with van der Waals surface area (Å²) in [5.41, 5.74) is 2.97.